The number of nitrogens with one attached hydrogen (secondary N) is 1. The maximum atomic E-state index is 13.6. The number of nitrogens with zero attached hydrogens (tertiary/aromatic N) is 1. The van der Waals surface area contributed by atoms with E-state index in [1.807, 2.05) is 18.4 Å². The van der Waals surface area contributed by atoms with E-state index in [2.05, 4.69) is 17.2 Å². The summed E-state index contributed by atoms with van der Waals surface area (Å²) in [4.78, 5) is 4.48. The van der Waals surface area contributed by atoms with Gasteiger partial charge in [0.15, 0.2) is 0 Å². The average Bonchev–Trinajstić information content (AvgIpc) is 2.83. The van der Waals surface area contributed by atoms with Crippen LogP contribution < -0.4 is 5.32 Å². The van der Waals surface area contributed by atoms with E-state index in [0.29, 0.717) is 6.42 Å². The van der Waals surface area contributed by atoms with Crippen molar-refractivity contribution in [3.05, 3.63) is 50.7 Å². The molecule has 5 heteroatoms. The Morgan fingerprint density at radius 2 is 2.25 bits per heavy atom. The average molecular weight is 313 g/mol. The predicted molar refractivity (Wildman–Crippen MR) is 83.0 cm³/mol. The molecule has 20 heavy (non-hydrogen) atoms. The third kappa shape index (κ3) is 3.78. The lowest BCUT2D eigenvalue weighted by Crippen LogP contribution is -2.24. The molecule has 1 atom stereocenters. The molecule has 1 N–H and O–H groups in total. The van der Waals surface area contributed by atoms with Crippen molar-refractivity contribution in [1.29, 1.82) is 0 Å². The maximum absolute atomic E-state index is 13.6. The van der Waals surface area contributed by atoms with Crippen LogP contribution in [0.25, 0.3) is 0 Å². The first-order valence-electron chi connectivity index (χ1n) is 6.70. The summed E-state index contributed by atoms with van der Waals surface area (Å²) in [6, 6.07) is 4.94. The van der Waals surface area contributed by atoms with Crippen LogP contribution in [0.3, 0.4) is 0 Å². The lowest BCUT2D eigenvalue weighted by Gasteiger charge is -2.19. The van der Waals surface area contributed by atoms with Crippen molar-refractivity contribution < 1.29 is 4.39 Å². The topological polar surface area (TPSA) is 24.9 Å². The summed E-state index contributed by atoms with van der Waals surface area (Å²) in [5.41, 5.74) is 1.81. The summed E-state index contributed by atoms with van der Waals surface area (Å²) in [6.45, 7) is 4.95. The first-order chi connectivity index (χ1) is 9.61. The zero-order valence-electron chi connectivity index (χ0n) is 11.6. The van der Waals surface area contributed by atoms with E-state index >= 15 is 0 Å². The van der Waals surface area contributed by atoms with Crippen molar-refractivity contribution in [2.75, 3.05) is 6.54 Å². The Hall–Kier alpha value is -0.970. The van der Waals surface area contributed by atoms with Crippen molar-refractivity contribution in [3.8, 4) is 0 Å². The SMILES string of the molecule is CCCNC(Cc1csc(C)n1)c1cccc(F)c1Cl. The van der Waals surface area contributed by atoms with E-state index in [1.165, 1.54) is 6.07 Å². The minimum atomic E-state index is -0.373. The third-order valence-electron chi connectivity index (χ3n) is 3.08. The highest BCUT2D eigenvalue weighted by atomic mass is 35.5. The van der Waals surface area contributed by atoms with Gasteiger partial charge in [-0.25, -0.2) is 9.37 Å². The first kappa shape index (κ1) is 15.4. The summed E-state index contributed by atoms with van der Waals surface area (Å²) in [5.74, 6) is -0.373. The van der Waals surface area contributed by atoms with E-state index in [9.17, 15) is 4.39 Å². The zero-order chi connectivity index (χ0) is 14.5. The summed E-state index contributed by atoms with van der Waals surface area (Å²) in [6.07, 6.45) is 1.73. The van der Waals surface area contributed by atoms with Gasteiger partial charge in [-0.1, -0.05) is 30.7 Å². The van der Waals surface area contributed by atoms with Crippen LogP contribution in [0.1, 0.15) is 35.7 Å². The monoisotopic (exact) mass is 312 g/mol. The molecule has 1 heterocycles. The normalized spacial score (nSPS) is 12.6. The van der Waals surface area contributed by atoms with Crippen molar-refractivity contribution in [2.45, 2.75) is 32.7 Å². The molecule has 2 rings (SSSR count). The highest BCUT2D eigenvalue weighted by Crippen LogP contribution is 2.28. The standard InChI is InChI=1S/C15H18ClFN2S/c1-3-7-18-14(8-11-9-20-10(2)19-11)12-5-4-6-13(17)15(12)16/h4-6,9,14,18H,3,7-8H2,1-2H3. The predicted octanol–water partition coefficient (Wildman–Crippen LogP) is 4.53. The molecule has 0 radical (unpaired) electrons. The van der Waals surface area contributed by atoms with E-state index in [1.54, 1.807) is 17.4 Å². The molecule has 0 saturated carbocycles. The summed E-state index contributed by atoms with van der Waals surface area (Å²) in [7, 11) is 0. The van der Waals surface area contributed by atoms with Gasteiger partial charge in [0, 0.05) is 17.8 Å². The van der Waals surface area contributed by atoms with Crippen LogP contribution in [-0.2, 0) is 6.42 Å². The minimum Gasteiger partial charge on any atom is -0.310 e. The van der Waals surface area contributed by atoms with E-state index in [4.69, 9.17) is 11.6 Å². The summed E-state index contributed by atoms with van der Waals surface area (Å²) < 4.78 is 13.6. The number of thiazole rings is 1. The molecular formula is C15H18ClFN2S. The molecule has 0 bridgehead atoms. The van der Waals surface area contributed by atoms with Crippen molar-refractivity contribution in [2.24, 2.45) is 0 Å². The second kappa shape index (κ2) is 7.16. The van der Waals surface area contributed by atoms with Gasteiger partial charge < -0.3 is 5.32 Å². The van der Waals surface area contributed by atoms with E-state index < -0.39 is 0 Å². The van der Waals surface area contributed by atoms with E-state index in [0.717, 1.165) is 29.2 Å². The van der Waals surface area contributed by atoms with E-state index in [-0.39, 0.29) is 16.9 Å². The number of rotatable bonds is 6. The number of aryl methyl sites for hydroxylation is 1. The van der Waals surface area contributed by atoms with Gasteiger partial charge in [-0.15, -0.1) is 11.3 Å². The number of aromatic nitrogens is 1. The highest BCUT2D eigenvalue weighted by Gasteiger charge is 2.18. The van der Waals surface area contributed by atoms with Crippen LogP contribution in [0.15, 0.2) is 23.6 Å². The molecule has 0 aliphatic heterocycles. The van der Waals surface area contributed by atoms with Crippen LogP contribution in [0.5, 0.6) is 0 Å². The van der Waals surface area contributed by atoms with Crippen molar-refractivity contribution in [1.82, 2.24) is 10.3 Å². The second-order valence-corrected chi connectivity index (χ2v) is 6.15. The first-order valence-corrected chi connectivity index (χ1v) is 7.96. The number of hydrogen-bond acceptors (Lipinski definition) is 3. The van der Waals surface area contributed by atoms with Gasteiger partial charge in [0.2, 0.25) is 0 Å². The van der Waals surface area contributed by atoms with Crippen LogP contribution in [0.4, 0.5) is 4.39 Å². The molecule has 2 nitrogen and oxygen atoms in total. The lowest BCUT2D eigenvalue weighted by molar-refractivity contribution is 0.520. The molecule has 1 unspecified atom stereocenters. The molecule has 1 aromatic heterocycles. The third-order valence-corrected chi connectivity index (χ3v) is 4.30. The van der Waals surface area contributed by atoms with Gasteiger partial charge in [-0.2, -0.15) is 0 Å². The highest BCUT2D eigenvalue weighted by molar-refractivity contribution is 7.09. The van der Waals surface area contributed by atoms with Gasteiger partial charge in [0.05, 0.1) is 15.7 Å². The molecule has 0 amide bonds. The summed E-state index contributed by atoms with van der Waals surface area (Å²) >= 11 is 7.73. The molecule has 108 valence electrons. The Bertz CT molecular complexity index is 571. The quantitative estimate of drug-likeness (QED) is 0.848. The molecular weight excluding hydrogens is 295 g/mol. The fourth-order valence-corrected chi connectivity index (χ4v) is 2.99. The Balaban J connectivity index is 2.24. The molecule has 0 saturated heterocycles. The van der Waals surface area contributed by atoms with Crippen molar-refractivity contribution in [3.63, 3.8) is 0 Å². The Morgan fingerprint density at radius 3 is 2.90 bits per heavy atom. The molecule has 0 spiro atoms. The van der Waals surface area contributed by atoms with Gasteiger partial charge >= 0.3 is 0 Å². The van der Waals surface area contributed by atoms with Crippen LogP contribution >= 0.6 is 22.9 Å². The van der Waals surface area contributed by atoms with Gasteiger partial charge in [0.1, 0.15) is 5.82 Å². The zero-order valence-corrected chi connectivity index (χ0v) is 13.2. The van der Waals surface area contributed by atoms with Crippen LogP contribution in [0.2, 0.25) is 5.02 Å². The minimum absolute atomic E-state index is 0.0142. The number of halogens is 2. The second-order valence-electron chi connectivity index (χ2n) is 4.71. The smallest absolute Gasteiger partial charge is 0.142 e. The lowest BCUT2D eigenvalue weighted by atomic mass is 10.0. The fraction of sp³-hybridized carbons (Fsp3) is 0.400. The Labute approximate surface area is 128 Å². The Kier molecular flexibility index (Phi) is 5.52. The van der Waals surface area contributed by atoms with Crippen LogP contribution in [0, 0.1) is 12.7 Å². The summed E-state index contributed by atoms with van der Waals surface area (Å²) in [5, 5.41) is 6.71. The van der Waals surface area contributed by atoms with Gasteiger partial charge in [-0.05, 0) is 31.5 Å². The Morgan fingerprint density at radius 1 is 1.45 bits per heavy atom. The van der Waals surface area contributed by atoms with Crippen LogP contribution in [-0.4, -0.2) is 11.5 Å². The fourth-order valence-electron chi connectivity index (χ4n) is 2.11. The number of benzene rings is 1. The largest absolute Gasteiger partial charge is 0.310 e. The molecule has 0 fully saturated rings. The molecule has 2 aromatic rings. The van der Waals surface area contributed by atoms with Crippen molar-refractivity contribution >= 4 is 22.9 Å². The van der Waals surface area contributed by atoms with Gasteiger partial charge in [0.25, 0.3) is 0 Å². The maximum Gasteiger partial charge on any atom is 0.142 e. The molecule has 1 aromatic carbocycles. The molecule has 0 aliphatic carbocycles. The number of hydrogen-bond donors (Lipinski definition) is 1. The van der Waals surface area contributed by atoms with Gasteiger partial charge in [-0.3, -0.25) is 0 Å². The molecule has 0 aliphatic rings.